The van der Waals surface area contributed by atoms with Crippen LogP contribution in [0.1, 0.15) is 25.0 Å². The highest BCUT2D eigenvalue weighted by Gasteiger charge is 2.32. The Bertz CT molecular complexity index is 631. The fourth-order valence-electron chi connectivity index (χ4n) is 2.18. The Balaban J connectivity index is 2.35. The van der Waals surface area contributed by atoms with Gasteiger partial charge in [0.15, 0.2) is 4.33 Å². The Morgan fingerprint density at radius 3 is 2.14 bits per heavy atom. The summed E-state index contributed by atoms with van der Waals surface area (Å²) in [6, 6.07) is 17.5. The van der Waals surface area contributed by atoms with E-state index in [0.29, 0.717) is 17.2 Å². The molecule has 0 aromatic heterocycles. The monoisotopic (exact) mass is 353 g/mol. The van der Waals surface area contributed by atoms with Crippen LogP contribution in [0.3, 0.4) is 0 Å². The van der Waals surface area contributed by atoms with Gasteiger partial charge in [-0.2, -0.15) is 0 Å². The number of rotatable bonds is 5. The molecule has 0 saturated heterocycles. The molecule has 0 fully saturated rings. The highest BCUT2D eigenvalue weighted by molar-refractivity contribution is 6.60. The van der Waals surface area contributed by atoms with E-state index in [9.17, 15) is 0 Å². The van der Waals surface area contributed by atoms with Crippen LogP contribution in [-0.2, 0) is 6.42 Å². The molecule has 0 N–H and O–H groups in total. The molecule has 1 nitrogen and oxygen atoms in total. The molecule has 2 aromatic carbocycles. The lowest BCUT2D eigenvalue weighted by Crippen LogP contribution is -2.30. The van der Waals surface area contributed by atoms with Gasteiger partial charge in [0.2, 0.25) is 0 Å². The van der Waals surface area contributed by atoms with Crippen LogP contribution >= 0.6 is 34.8 Å². The molecular formula is C18H18Cl3N. The van der Waals surface area contributed by atoms with Crippen molar-refractivity contribution in [2.75, 3.05) is 0 Å². The predicted octanol–water partition coefficient (Wildman–Crippen LogP) is 5.95. The van der Waals surface area contributed by atoms with Gasteiger partial charge in [-0.3, -0.25) is 4.99 Å². The van der Waals surface area contributed by atoms with Gasteiger partial charge in [-0.05, 0) is 37.1 Å². The summed E-state index contributed by atoms with van der Waals surface area (Å²) in [5, 5.41) is 0.692. The van der Waals surface area contributed by atoms with Gasteiger partial charge in [-0.25, -0.2) is 0 Å². The molecule has 0 aliphatic carbocycles. The fourth-order valence-corrected chi connectivity index (χ4v) is 2.93. The van der Waals surface area contributed by atoms with Crippen molar-refractivity contribution < 1.29 is 0 Å². The minimum atomic E-state index is -1.10. The SMILES string of the molecule is CC(C)N=C(c1ccccc1)C(Cl)(Cl)Cc1ccc(Cl)cc1. The van der Waals surface area contributed by atoms with Gasteiger partial charge >= 0.3 is 0 Å². The molecule has 0 heterocycles. The summed E-state index contributed by atoms with van der Waals surface area (Å²) in [6.45, 7) is 4.02. The predicted molar refractivity (Wildman–Crippen MR) is 97.7 cm³/mol. The molecule has 0 unspecified atom stereocenters. The number of alkyl halides is 2. The Hall–Kier alpha value is -1.02. The Kier molecular flexibility index (Phi) is 5.91. The molecule has 0 radical (unpaired) electrons. The molecule has 0 bridgehead atoms. The van der Waals surface area contributed by atoms with Gasteiger partial charge < -0.3 is 0 Å². The molecule has 0 atom stereocenters. The summed E-state index contributed by atoms with van der Waals surface area (Å²) in [6.07, 6.45) is 0.466. The fraction of sp³-hybridized carbons (Fsp3) is 0.278. The molecular weight excluding hydrogens is 337 g/mol. The third kappa shape index (κ3) is 4.74. The molecule has 4 heteroatoms. The van der Waals surface area contributed by atoms with Crippen LogP contribution in [0.15, 0.2) is 59.6 Å². The number of aliphatic imine (C=N–C) groups is 1. The maximum absolute atomic E-state index is 6.66. The number of hydrogen-bond acceptors (Lipinski definition) is 1. The summed E-state index contributed by atoms with van der Waals surface area (Å²) >= 11 is 19.2. The van der Waals surface area contributed by atoms with Crippen molar-refractivity contribution >= 4 is 40.5 Å². The van der Waals surface area contributed by atoms with Crippen LogP contribution in [0, 0.1) is 0 Å². The topological polar surface area (TPSA) is 12.4 Å². The van der Waals surface area contributed by atoms with Gasteiger partial charge in [-0.15, -0.1) is 0 Å². The standard InChI is InChI=1S/C18H18Cl3N/c1-13(2)22-17(15-6-4-3-5-7-15)18(20,21)12-14-8-10-16(19)11-9-14/h3-11,13H,12H2,1-2H3. The van der Waals surface area contributed by atoms with E-state index in [1.807, 2.05) is 68.4 Å². The highest BCUT2D eigenvalue weighted by atomic mass is 35.5. The van der Waals surface area contributed by atoms with Gasteiger partial charge in [0, 0.05) is 17.5 Å². The van der Waals surface area contributed by atoms with Crippen LogP contribution in [0.25, 0.3) is 0 Å². The largest absolute Gasteiger partial charge is 0.283 e. The van der Waals surface area contributed by atoms with E-state index in [0.717, 1.165) is 11.1 Å². The lowest BCUT2D eigenvalue weighted by atomic mass is 10.0. The molecule has 116 valence electrons. The summed E-state index contributed by atoms with van der Waals surface area (Å²) in [5.74, 6) is 0. The van der Waals surface area contributed by atoms with E-state index in [4.69, 9.17) is 34.8 Å². The Morgan fingerprint density at radius 1 is 1.00 bits per heavy atom. The lowest BCUT2D eigenvalue weighted by molar-refractivity contribution is 0.821. The second-order valence-corrected chi connectivity index (χ2v) is 7.37. The van der Waals surface area contributed by atoms with Gasteiger partial charge in [0.1, 0.15) is 0 Å². The number of benzene rings is 2. The molecule has 2 aromatic rings. The third-order valence-electron chi connectivity index (χ3n) is 3.12. The van der Waals surface area contributed by atoms with E-state index >= 15 is 0 Å². The average molecular weight is 355 g/mol. The molecule has 0 saturated carbocycles. The highest BCUT2D eigenvalue weighted by Crippen LogP contribution is 2.32. The minimum Gasteiger partial charge on any atom is -0.283 e. The van der Waals surface area contributed by atoms with E-state index in [1.54, 1.807) is 0 Å². The van der Waals surface area contributed by atoms with Crippen molar-refractivity contribution in [2.45, 2.75) is 30.6 Å². The maximum Gasteiger partial charge on any atom is 0.163 e. The second-order valence-electron chi connectivity index (χ2n) is 5.45. The van der Waals surface area contributed by atoms with Crippen LogP contribution in [0.5, 0.6) is 0 Å². The third-order valence-corrected chi connectivity index (χ3v) is 4.00. The van der Waals surface area contributed by atoms with Gasteiger partial charge in [0.05, 0.1) is 5.71 Å². The molecule has 2 rings (SSSR count). The first-order chi connectivity index (χ1) is 10.4. The molecule has 0 amide bonds. The first-order valence-electron chi connectivity index (χ1n) is 7.14. The van der Waals surface area contributed by atoms with E-state index in [1.165, 1.54) is 0 Å². The van der Waals surface area contributed by atoms with E-state index < -0.39 is 4.33 Å². The zero-order chi connectivity index (χ0) is 16.2. The van der Waals surface area contributed by atoms with Crippen LogP contribution in [0.4, 0.5) is 0 Å². The van der Waals surface area contributed by atoms with Gasteiger partial charge in [-0.1, -0.05) is 77.3 Å². The Morgan fingerprint density at radius 2 is 1.59 bits per heavy atom. The summed E-state index contributed by atoms with van der Waals surface area (Å²) in [5.41, 5.74) is 2.65. The summed E-state index contributed by atoms with van der Waals surface area (Å²) in [7, 11) is 0. The normalized spacial score (nSPS) is 12.7. The van der Waals surface area contributed by atoms with Crippen molar-refractivity contribution in [1.29, 1.82) is 0 Å². The second kappa shape index (κ2) is 7.50. The molecule has 0 aliphatic heterocycles. The molecule has 22 heavy (non-hydrogen) atoms. The maximum atomic E-state index is 6.66. The number of nitrogens with zero attached hydrogens (tertiary/aromatic N) is 1. The zero-order valence-electron chi connectivity index (χ0n) is 12.6. The lowest BCUT2D eigenvalue weighted by Gasteiger charge is -2.23. The number of halogens is 3. The van der Waals surface area contributed by atoms with Crippen LogP contribution in [-0.4, -0.2) is 16.1 Å². The minimum absolute atomic E-state index is 0.109. The van der Waals surface area contributed by atoms with Crippen molar-refractivity contribution in [3.05, 3.63) is 70.7 Å². The van der Waals surface area contributed by atoms with Crippen molar-refractivity contribution in [1.82, 2.24) is 0 Å². The van der Waals surface area contributed by atoms with Crippen molar-refractivity contribution in [2.24, 2.45) is 4.99 Å². The van der Waals surface area contributed by atoms with E-state index in [2.05, 4.69) is 4.99 Å². The van der Waals surface area contributed by atoms with E-state index in [-0.39, 0.29) is 6.04 Å². The zero-order valence-corrected chi connectivity index (χ0v) is 14.8. The summed E-state index contributed by atoms with van der Waals surface area (Å²) < 4.78 is -1.10. The first kappa shape index (κ1) is 17.3. The van der Waals surface area contributed by atoms with Gasteiger partial charge in [0.25, 0.3) is 0 Å². The van der Waals surface area contributed by atoms with Crippen molar-refractivity contribution in [3.8, 4) is 0 Å². The smallest absolute Gasteiger partial charge is 0.163 e. The van der Waals surface area contributed by atoms with Crippen molar-refractivity contribution in [3.63, 3.8) is 0 Å². The van der Waals surface area contributed by atoms with Crippen LogP contribution in [0.2, 0.25) is 5.02 Å². The molecule has 0 aliphatic rings. The number of hydrogen-bond donors (Lipinski definition) is 0. The average Bonchev–Trinajstić information content (AvgIpc) is 2.47. The quantitative estimate of drug-likeness (QED) is 0.464. The summed E-state index contributed by atoms with van der Waals surface area (Å²) in [4.78, 5) is 4.66. The molecule has 0 spiro atoms. The Labute approximate surface area is 146 Å². The first-order valence-corrected chi connectivity index (χ1v) is 8.28. The van der Waals surface area contributed by atoms with Crippen LogP contribution < -0.4 is 0 Å².